The number of carboxylic acid groups (broad SMARTS) is 1. The summed E-state index contributed by atoms with van der Waals surface area (Å²) in [5, 5.41) is 9.80. The van der Waals surface area contributed by atoms with E-state index in [0.717, 1.165) is 31.8 Å². The molecule has 4 rings (SSSR count). The third kappa shape index (κ3) is 4.34. The first-order valence-corrected chi connectivity index (χ1v) is 10.6. The second-order valence-corrected chi connectivity index (χ2v) is 8.57. The fourth-order valence-corrected chi connectivity index (χ4v) is 4.98. The molecule has 2 atom stereocenters. The summed E-state index contributed by atoms with van der Waals surface area (Å²) in [6.07, 6.45) is 4.79. The minimum atomic E-state index is -0.735. The Morgan fingerprint density at radius 2 is 2.11 bits per heavy atom. The molecule has 1 aromatic carbocycles. The van der Waals surface area contributed by atoms with Crippen LogP contribution in [0.5, 0.6) is 5.75 Å². The van der Waals surface area contributed by atoms with E-state index in [1.54, 1.807) is 0 Å². The molecule has 1 aromatic rings. The van der Waals surface area contributed by atoms with Crippen LogP contribution in [0, 0.1) is 11.3 Å². The number of hydrogen-bond acceptors (Lipinski definition) is 5. The lowest BCUT2D eigenvalue weighted by atomic mass is 9.76. The van der Waals surface area contributed by atoms with E-state index in [2.05, 4.69) is 21.9 Å². The van der Waals surface area contributed by atoms with E-state index in [1.165, 1.54) is 37.9 Å². The number of fused-ring (bicyclic) bond motifs is 1. The van der Waals surface area contributed by atoms with Crippen molar-refractivity contribution in [1.29, 1.82) is 0 Å². The van der Waals surface area contributed by atoms with Crippen molar-refractivity contribution in [2.45, 2.75) is 32.2 Å². The van der Waals surface area contributed by atoms with E-state index in [-0.39, 0.29) is 5.92 Å². The Hall–Kier alpha value is -1.63. The summed E-state index contributed by atoms with van der Waals surface area (Å²) in [7, 11) is 0. The molecular weight excluding hydrogens is 356 g/mol. The zero-order valence-corrected chi connectivity index (χ0v) is 16.6. The number of carboxylic acids is 1. The van der Waals surface area contributed by atoms with Gasteiger partial charge in [-0.05, 0) is 56.0 Å². The molecule has 3 fully saturated rings. The van der Waals surface area contributed by atoms with E-state index < -0.39 is 11.4 Å². The van der Waals surface area contributed by atoms with Crippen molar-refractivity contribution in [2.24, 2.45) is 11.3 Å². The fraction of sp³-hybridized carbons (Fsp3) is 0.682. The minimum absolute atomic E-state index is 0.183. The Kier molecular flexibility index (Phi) is 6.19. The van der Waals surface area contributed by atoms with Crippen molar-refractivity contribution >= 4 is 5.97 Å². The van der Waals surface area contributed by atoms with Crippen molar-refractivity contribution in [3.05, 3.63) is 29.8 Å². The molecule has 0 bridgehead atoms. The van der Waals surface area contributed by atoms with E-state index in [0.29, 0.717) is 26.4 Å². The zero-order chi connectivity index (χ0) is 19.4. The van der Waals surface area contributed by atoms with Gasteiger partial charge in [0.15, 0.2) is 0 Å². The van der Waals surface area contributed by atoms with Gasteiger partial charge in [0.1, 0.15) is 17.8 Å². The lowest BCUT2D eigenvalue weighted by molar-refractivity contribution is -0.159. The van der Waals surface area contributed by atoms with Crippen LogP contribution >= 0.6 is 0 Å². The molecule has 3 aliphatic heterocycles. The SMILES string of the molecule is O=C(O)[C@]12COCC[C@H]1CN(Cc1cccc(OCCN3CCCCC3)c1)C2. The lowest BCUT2D eigenvalue weighted by Crippen LogP contribution is -2.46. The Labute approximate surface area is 167 Å². The molecule has 0 radical (unpaired) electrons. The van der Waals surface area contributed by atoms with Gasteiger partial charge >= 0.3 is 5.97 Å². The van der Waals surface area contributed by atoms with Crippen LogP contribution in [0.25, 0.3) is 0 Å². The van der Waals surface area contributed by atoms with Gasteiger partial charge in [-0.1, -0.05) is 18.6 Å². The predicted octanol–water partition coefficient (Wildman–Crippen LogP) is 2.47. The van der Waals surface area contributed by atoms with E-state index in [9.17, 15) is 9.90 Å². The molecule has 3 saturated heterocycles. The first-order valence-electron chi connectivity index (χ1n) is 10.6. The fourth-order valence-electron chi connectivity index (χ4n) is 4.98. The van der Waals surface area contributed by atoms with Crippen LogP contribution in [-0.4, -0.2) is 73.4 Å². The highest BCUT2D eigenvalue weighted by Crippen LogP contribution is 2.42. The predicted molar refractivity (Wildman–Crippen MR) is 106 cm³/mol. The zero-order valence-electron chi connectivity index (χ0n) is 16.6. The highest BCUT2D eigenvalue weighted by molar-refractivity contribution is 5.76. The van der Waals surface area contributed by atoms with Crippen LogP contribution in [0.3, 0.4) is 0 Å². The van der Waals surface area contributed by atoms with Crippen LogP contribution in [0.4, 0.5) is 0 Å². The molecule has 0 aliphatic carbocycles. The summed E-state index contributed by atoms with van der Waals surface area (Å²) in [5.74, 6) is 0.375. The summed E-state index contributed by atoms with van der Waals surface area (Å²) in [6.45, 7) is 7.24. The van der Waals surface area contributed by atoms with Crippen LogP contribution in [0.15, 0.2) is 24.3 Å². The molecule has 0 saturated carbocycles. The number of carbonyl (C=O) groups is 1. The summed E-state index contributed by atoms with van der Waals surface area (Å²) >= 11 is 0. The minimum Gasteiger partial charge on any atom is -0.492 e. The third-order valence-electron chi connectivity index (χ3n) is 6.59. The highest BCUT2D eigenvalue weighted by Gasteiger charge is 2.53. The maximum atomic E-state index is 11.9. The topological polar surface area (TPSA) is 62.2 Å². The molecule has 0 unspecified atom stereocenters. The van der Waals surface area contributed by atoms with Crippen LogP contribution in [0.2, 0.25) is 0 Å². The second-order valence-electron chi connectivity index (χ2n) is 8.57. The molecule has 0 aromatic heterocycles. The number of hydrogen-bond donors (Lipinski definition) is 1. The average molecular weight is 389 g/mol. The third-order valence-corrected chi connectivity index (χ3v) is 6.59. The number of nitrogens with zero attached hydrogens (tertiary/aromatic N) is 2. The summed E-state index contributed by atoms with van der Waals surface area (Å²) in [5.41, 5.74) is 0.441. The highest BCUT2D eigenvalue weighted by atomic mass is 16.5. The number of rotatable bonds is 7. The Balaban J connectivity index is 1.31. The quantitative estimate of drug-likeness (QED) is 0.774. The Morgan fingerprint density at radius 1 is 1.25 bits per heavy atom. The normalized spacial score (nSPS) is 28.8. The average Bonchev–Trinajstić information content (AvgIpc) is 3.08. The van der Waals surface area contributed by atoms with Crippen molar-refractivity contribution in [2.75, 3.05) is 52.5 Å². The van der Waals surface area contributed by atoms with Gasteiger partial charge in [0.05, 0.1) is 6.61 Å². The van der Waals surface area contributed by atoms with Gasteiger partial charge in [-0.3, -0.25) is 14.6 Å². The van der Waals surface area contributed by atoms with Gasteiger partial charge in [-0.15, -0.1) is 0 Å². The molecule has 28 heavy (non-hydrogen) atoms. The molecule has 3 heterocycles. The van der Waals surface area contributed by atoms with Gasteiger partial charge in [0.25, 0.3) is 0 Å². The summed E-state index contributed by atoms with van der Waals surface area (Å²) in [4.78, 5) is 16.7. The van der Waals surface area contributed by atoms with Gasteiger partial charge in [-0.2, -0.15) is 0 Å². The smallest absolute Gasteiger partial charge is 0.313 e. The monoisotopic (exact) mass is 388 g/mol. The van der Waals surface area contributed by atoms with E-state index in [1.807, 2.05) is 12.1 Å². The molecule has 154 valence electrons. The molecular formula is C22H32N2O4. The van der Waals surface area contributed by atoms with Crippen LogP contribution < -0.4 is 4.74 Å². The Morgan fingerprint density at radius 3 is 2.89 bits per heavy atom. The van der Waals surface area contributed by atoms with Crippen molar-refractivity contribution < 1.29 is 19.4 Å². The number of benzene rings is 1. The maximum Gasteiger partial charge on any atom is 0.313 e. The van der Waals surface area contributed by atoms with Crippen LogP contribution in [0.1, 0.15) is 31.2 Å². The Bertz CT molecular complexity index is 676. The first-order chi connectivity index (χ1) is 13.7. The maximum absolute atomic E-state index is 11.9. The molecule has 6 nitrogen and oxygen atoms in total. The van der Waals surface area contributed by atoms with Crippen LogP contribution in [-0.2, 0) is 16.1 Å². The molecule has 3 aliphatic rings. The number of ether oxygens (including phenoxy) is 2. The number of piperidine rings is 1. The van der Waals surface area contributed by atoms with E-state index >= 15 is 0 Å². The molecule has 6 heteroatoms. The molecule has 0 spiro atoms. The standard InChI is InChI=1S/C22H32N2O4/c25-21(26)22-16-24(15-19(22)7-11-27-17-22)14-18-5-4-6-20(13-18)28-12-10-23-8-2-1-3-9-23/h4-6,13,19H,1-3,7-12,14-17H2,(H,25,26)/t19-,22+/m0/s1. The molecule has 1 N–H and O–H groups in total. The molecule has 0 amide bonds. The van der Waals surface area contributed by atoms with Gasteiger partial charge in [0, 0.05) is 32.8 Å². The van der Waals surface area contributed by atoms with Gasteiger partial charge < -0.3 is 14.6 Å². The van der Waals surface area contributed by atoms with Gasteiger partial charge in [0.2, 0.25) is 0 Å². The van der Waals surface area contributed by atoms with E-state index in [4.69, 9.17) is 9.47 Å². The summed E-state index contributed by atoms with van der Waals surface area (Å²) < 4.78 is 11.5. The first kappa shape index (κ1) is 19.7. The van der Waals surface area contributed by atoms with Crippen molar-refractivity contribution in [1.82, 2.24) is 9.80 Å². The lowest BCUT2D eigenvalue weighted by Gasteiger charge is -2.34. The van der Waals surface area contributed by atoms with Gasteiger partial charge in [-0.25, -0.2) is 0 Å². The second kappa shape index (κ2) is 8.80. The summed E-state index contributed by atoms with van der Waals surface area (Å²) in [6, 6.07) is 8.24. The van der Waals surface area contributed by atoms with Crippen molar-refractivity contribution in [3.63, 3.8) is 0 Å². The number of aliphatic carboxylic acids is 1. The number of likely N-dealkylation sites (tertiary alicyclic amines) is 2. The van der Waals surface area contributed by atoms with Crippen molar-refractivity contribution in [3.8, 4) is 5.75 Å². The largest absolute Gasteiger partial charge is 0.492 e.